The van der Waals surface area contributed by atoms with Gasteiger partial charge in [0, 0.05) is 0 Å². The molecule has 0 radical (unpaired) electrons. The fraction of sp³-hybridized carbons (Fsp3) is 0.455. The average molecular weight is 195 g/mol. The van der Waals surface area contributed by atoms with E-state index in [1.165, 1.54) is 18.2 Å². The molecule has 1 nitrogen and oxygen atoms in total. The van der Waals surface area contributed by atoms with E-state index in [9.17, 15) is 8.78 Å². The van der Waals surface area contributed by atoms with E-state index < -0.39 is 0 Å². The summed E-state index contributed by atoms with van der Waals surface area (Å²) in [7, 11) is 0. The van der Waals surface area contributed by atoms with Gasteiger partial charge in [0.05, 0.1) is 0 Å². The van der Waals surface area contributed by atoms with Crippen molar-refractivity contribution in [2.45, 2.75) is 5.92 Å². The summed E-state index contributed by atoms with van der Waals surface area (Å²) >= 11 is 0. The molecule has 2 atom stereocenters. The smallest absolute Gasteiger partial charge is 0.126 e. The zero-order valence-corrected chi connectivity index (χ0v) is 7.63. The van der Waals surface area contributed by atoms with Gasteiger partial charge in [-0.3, -0.25) is 0 Å². The molecule has 1 N–H and O–H groups in total. The number of halogens is 2. The van der Waals surface area contributed by atoms with Crippen LogP contribution in [0, 0.1) is 23.5 Å². The second kappa shape index (κ2) is 2.76. The largest absolute Gasteiger partial charge is 0.316 e. The van der Waals surface area contributed by atoms with Crippen molar-refractivity contribution < 1.29 is 8.78 Å². The molecule has 2 fully saturated rings. The normalized spacial score (nSPS) is 34.3. The lowest BCUT2D eigenvalue weighted by molar-refractivity contribution is 0.571. The Labute approximate surface area is 81.1 Å². The predicted octanol–water partition coefficient (Wildman–Crippen LogP) is 1.90. The standard InChI is InChI=1S/C11H11F2N/c12-6-1-2-10(13)7(3-6)11-8-4-14-5-9(8)11/h1-3,8-9,11,14H,4-5H2. The molecule has 1 aromatic rings. The number of fused-ring (bicyclic) bond motifs is 1. The molecule has 0 aromatic heterocycles. The molecule has 1 aliphatic heterocycles. The highest BCUT2D eigenvalue weighted by Gasteiger charge is 2.54. The number of benzene rings is 1. The lowest BCUT2D eigenvalue weighted by Gasteiger charge is -2.05. The number of hydrogen-bond donors (Lipinski definition) is 1. The van der Waals surface area contributed by atoms with Gasteiger partial charge in [0.2, 0.25) is 0 Å². The highest BCUT2D eigenvalue weighted by molar-refractivity contribution is 5.32. The van der Waals surface area contributed by atoms with Crippen LogP contribution in [0.1, 0.15) is 11.5 Å². The van der Waals surface area contributed by atoms with Crippen LogP contribution in [0.4, 0.5) is 8.78 Å². The summed E-state index contributed by atoms with van der Waals surface area (Å²) in [6.07, 6.45) is 0. The van der Waals surface area contributed by atoms with Crippen LogP contribution in [0.15, 0.2) is 18.2 Å². The molecule has 74 valence electrons. The Bertz CT molecular complexity index is 368. The Morgan fingerprint density at radius 1 is 1.14 bits per heavy atom. The van der Waals surface area contributed by atoms with E-state index in [0.717, 1.165) is 13.1 Å². The highest BCUT2D eigenvalue weighted by atomic mass is 19.1. The Morgan fingerprint density at radius 3 is 2.57 bits per heavy atom. The average Bonchev–Trinajstić information content (AvgIpc) is 2.64. The molecular formula is C11H11F2N. The lowest BCUT2D eigenvalue weighted by atomic mass is 10.1. The summed E-state index contributed by atoms with van der Waals surface area (Å²) in [5.41, 5.74) is 0.571. The maximum atomic E-state index is 13.4. The maximum Gasteiger partial charge on any atom is 0.126 e. The quantitative estimate of drug-likeness (QED) is 0.721. The SMILES string of the molecule is Fc1ccc(F)c(C2C3CNCC32)c1. The van der Waals surface area contributed by atoms with Crippen LogP contribution < -0.4 is 5.32 Å². The van der Waals surface area contributed by atoms with Crippen molar-refractivity contribution in [3.8, 4) is 0 Å². The van der Waals surface area contributed by atoms with Crippen LogP contribution in [-0.2, 0) is 0 Å². The predicted molar refractivity (Wildman–Crippen MR) is 48.9 cm³/mol. The van der Waals surface area contributed by atoms with Crippen molar-refractivity contribution in [2.75, 3.05) is 13.1 Å². The van der Waals surface area contributed by atoms with Crippen LogP contribution in [0.5, 0.6) is 0 Å². The minimum atomic E-state index is -0.334. The van der Waals surface area contributed by atoms with Crippen molar-refractivity contribution in [1.82, 2.24) is 5.32 Å². The molecule has 0 spiro atoms. The molecule has 14 heavy (non-hydrogen) atoms. The van der Waals surface area contributed by atoms with Crippen LogP contribution >= 0.6 is 0 Å². The summed E-state index contributed by atoms with van der Waals surface area (Å²) in [6.45, 7) is 1.90. The molecule has 3 heteroatoms. The third kappa shape index (κ3) is 1.08. The molecule has 3 rings (SSSR count). The summed E-state index contributed by atoms with van der Waals surface area (Å²) < 4.78 is 26.3. The number of piperidine rings is 1. The van der Waals surface area contributed by atoms with Crippen LogP contribution in [-0.4, -0.2) is 13.1 Å². The molecule has 2 aliphatic rings. The fourth-order valence-corrected chi connectivity index (χ4v) is 2.65. The monoisotopic (exact) mass is 195 g/mol. The van der Waals surface area contributed by atoms with E-state index in [1.54, 1.807) is 0 Å². The van der Waals surface area contributed by atoms with Gasteiger partial charge in [-0.15, -0.1) is 0 Å². The van der Waals surface area contributed by atoms with Gasteiger partial charge in [0.1, 0.15) is 11.6 Å². The van der Waals surface area contributed by atoms with Crippen LogP contribution in [0.2, 0.25) is 0 Å². The van der Waals surface area contributed by atoms with Gasteiger partial charge in [-0.05, 0) is 54.6 Å². The van der Waals surface area contributed by atoms with Gasteiger partial charge in [0.25, 0.3) is 0 Å². The van der Waals surface area contributed by atoms with E-state index in [4.69, 9.17) is 0 Å². The third-order valence-electron chi connectivity index (χ3n) is 3.41. The molecule has 2 unspecified atom stereocenters. The van der Waals surface area contributed by atoms with Gasteiger partial charge >= 0.3 is 0 Å². The Kier molecular flexibility index (Phi) is 1.65. The highest BCUT2D eigenvalue weighted by Crippen LogP contribution is 2.56. The first-order valence-corrected chi connectivity index (χ1v) is 4.93. The summed E-state index contributed by atoms with van der Waals surface area (Å²) in [4.78, 5) is 0. The zero-order chi connectivity index (χ0) is 9.71. The summed E-state index contributed by atoms with van der Waals surface area (Å²) in [5, 5.41) is 3.24. The molecule has 1 saturated heterocycles. The summed E-state index contributed by atoms with van der Waals surface area (Å²) in [5.74, 6) is 0.731. The van der Waals surface area contributed by atoms with Crippen molar-refractivity contribution in [3.63, 3.8) is 0 Å². The second-order valence-corrected chi connectivity index (χ2v) is 4.18. The first kappa shape index (κ1) is 8.36. The minimum absolute atomic E-state index is 0.256. The van der Waals surface area contributed by atoms with Gasteiger partial charge < -0.3 is 5.32 Å². The van der Waals surface area contributed by atoms with Crippen molar-refractivity contribution in [2.24, 2.45) is 11.8 Å². The lowest BCUT2D eigenvalue weighted by Crippen LogP contribution is -2.14. The maximum absolute atomic E-state index is 13.4. The van der Waals surface area contributed by atoms with Gasteiger partial charge in [-0.1, -0.05) is 0 Å². The van der Waals surface area contributed by atoms with Crippen molar-refractivity contribution in [3.05, 3.63) is 35.4 Å². The minimum Gasteiger partial charge on any atom is -0.316 e. The first-order valence-electron chi connectivity index (χ1n) is 4.93. The van der Waals surface area contributed by atoms with Gasteiger partial charge in [-0.2, -0.15) is 0 Å². The van der Waals surface area contributed by atoms with E-state index in [0.29, 0.717) is 17.4 Å². The van der Waals surface area contributed by atoms with Crippen molar-refractivity contribution >= 4 is 0 Å². The molecule has 0 amide bonds. The number of nitrogens with one attached hydrogen (secondary N) is 1. The fourth-order valence-electron chi connectivity index (χ4n) is 2.65. The third-order valence-corrected chi connectivity index (χ3v) is 3.41. The number of hydrogen-bond acceptors (Lipinski definition) is 1. The molecule has 1 heterocycles. The van der Waals surface area contributed by atoms with Crippen LogP contribution in [0.3, 0.4) is 0 Å². The molecule has 1 aromatic carbocycles. The van der Waals surface area contributed by atoms with Crippen molar-refractivity contribution in [1.29, 1.82) is 0 Å². The zero-order valence-electron chi connectivity index (χ0n) is 7.63. The molecule has 1 saturated carbocycles. The number of rotatable bonds is 1. The van der Waals surface area contributed by atoms with E-state index >= 15 is 0 Å². The second-order valence-electron chi connectivity index (χ2n) is 4.18. The molecular weight excluding hydrogens is 184 g/mol. The Balaban J connectivity index is 1.94. The van der Waals surface area contributed by atoms with E-state index in [1.807, 2.05) is 0 Å². The molecule has 1 aliphatic carbocycles. The van der Waals surface area contributed by atoms with E-state index in [-0.39, 0.29) is 17.6 Å². The first-order chi connectivity index (χ1) is 6.77. The molecule has 0 bridgehead atoms. The van der Waals surface area contributed by atoms with Gasteiger partial charge in [0.15, 0.2) is 0 Å². The van der Waals surface area contributed by atoms with Crippen LogP contribution in [0.25, 0.3) is 0 Å². The van der Waals surface area contributed by atoms with E-state index in [2.05, 4.69) is 5.32 Å². The topological polar surface area (TPSA) is 12.0 Å². The summed E-state index contributed by atoms with van der Waals surface area (Å²) in [6, 6.07) is 3.75. The Hall–Kier alpha value is -0.960. The Morgan fingerprint density at radius 2 is 1.86 bits per heavy atom. The van der Waals surface area contributed by atoms with Gasteiger partial charge in [-0.25, -0.2) is 8.78 Å².